The SMILES string of the molecule is NCCSC(=S)NC1CCCNC1. The number of piperidine rings is 1. The van der Waals surface area contributed by atoms with Crippen LogP contribution in [0, 0.1) is 0 Å². The second-order valence-corrected chi connectivity index (χ2v) is 4.88. The number of hydrogen-bond acceptors (Lipinski definition) is 4. The van der Waals surface area contributed by atoms with Crippen LogP contribution in [0.5, 0.6) is 0 Å². The van der Waals surface area contributed by atoms with Crippen LogP contribution in [-0.2, 0) is 0 Å². The third-order valence-corrected chi connectivity index (χ3v) is 3.26. The third kappa shape index (κ3) is 4.81. The van der Waals surface area contributed by atoms with Gasteiger partial charge in [-0.2, -0.15) is 0 Å². The lowest BCUT2D eigenvalue weighted by Crippen LogP contribution is -2.44. The molecule has 76 valence electrons. The van der Waals surface area contributed by atoms with Crippen LogP contribution < -0.4 is 16.4 Å². The van der Waals surface area contributed by atoms with Crippen molar-refractivity contribution < 1.29 is 0 Å². The molecule has 1 saturated heterocycles. The number of thiocarbonyl (C=S) groups is 1. The van der Waals surface area contributed by atoms with Crippen LogP contribution in [0.1, 0.15) is 12.8 Å². The zero-order valence-electron chi connectivity index (χ0n) is 7.71. The fourth-order valence-corrected chi connectivity index (χ4v) is 2.30. The van der Waals surface area contributed by atoms with Crippen molar-refractivity contribution in [2.24, 2.45) is 5.73 Å². The van der Waals surface area contributed by atoms with Crippen molar-refractivity contribution in [3.05, 3.63) is 0 Å². The minimum absolute atomic E-state index is 0.520. The lowest BCUT2D eigenvalue weighted by Gasteiger charge is -2.24. The summed E-state index contributed by atoms with van der Waals surface area (Å²) in [5.74, 6) is 0.909. The lowest BCUT2D eigenvalue weighted by atomic mass is 10.1. The van der Waals surface area contributed by atoms with E-state index in [1.807, 2.05) is 0 Å². The summed E-state index contributed by atoms with van der Waals surface area (Å²) in [6.07, 6.45) is 2.46. The van der Waals surface area contributed by atoms with Crippen LogP contribution in [0.2, 0.25) is 0 Å². The highest BCUT2D eigenvalue weighted by molar-refractivity contribution is 8.22. The van der Waals surface area contributed by atoms with Gasteiger partial charge in [-0.05, 0) is 19.4 Å². The van der Waals surface area contributed by atoms with Crippen molar-refractivity contribution in [1.29, 1.82) is 0 Å². The van der Waals surface area contributed by atoms with Gasteiger partial charge in [-0.1, -0.05) is 24.0 Å². The Morgan fingerprint density at radius 1 is 1.69 bits per heavy atom. The molecule has 0 aromatic carbocycles. The molecule has 0 aromatic heterocycles. The van der Waals surface area contributed by atoms with Gasteiger partial charge in [0.25, 0.3) is 0 Å². The van der Waals surface area contributed by atoms with E-state index in [1.165, 1.54) is 12.8 Å². The van der Waals surface area contributed by atoms with Crippen molar-refractivity contribution in [1.82, 2.24) is 10.6 Å². The van der Waals surface area contributed by atoms with Gasteiger partial charge in [0.05, 0.1) is 0 Å². The molecule has 0 bridgehead atoms. The first-order chi connectivity index (χ1) is 6.33. The van der Waals surface area contributed by atoms with Gasteiger partial charge in [-0.3, -0.25) is 0 Å². The molecule has 1 heterocycles. The number of nitrogens with one attached hydrogen (secondary N) is 2. The van der Waals surface area contributed by atoms with Crippen LogP contribution in [-0.4, -0.2) is 35.7 Å². The molecule has 5 heteroatoms. The molecule has 0 aliphatic carbocycles. The van der Waals surface area contributed by atoms with Gasteiger partial charge < -0.3 is 16.4 Å². The van der Waals surface area contributed by atoms with E-state index in [-0.39, 0.29) is 0 Å². The molecular weight excluding hydrogens is 202 g/mol. The number of hydrogen-bond donors (Lipinski definition) is 3. The van der Waals surface area contributed by atoms with E-state index >= 15 is 0 Å². The minimum Gasteiger partial charge on any atom is -0.367 e. The first-order valence-electron chi connectivity index (χ1n) is 4.67. The molecule has 0 spiro atoms. The molecule has 0 radical (unpaired) electrons. The molecule has 1 fully saturated rings. The Labute approximate surface area is 89.2 Å². The number of nitrogens with two attached hydrogens (primary N) is 1. The van der Waals surface area contributed by atoms with Gasteiger partial charge >= 0.3 is 0 Å². The average Bonchev–Trinajstić information content (AvgIpc) is 2.16. The second kappa shape index (κ2) is 6.59. The predicted octanol–water partition coefficient (Wildman–Crippen LogP) is 0.305. The molecule has 3 nitrogen and oxygen atoms in total. The molecule has 1 unspecified atom stereocenters. The van der Waals surface area contributed by atoms with Gasteiger partial charge in [0, 0.05) is 24.9 Å². The molecule has 4 N–H and O–H groups in total. The van der Waals surface area contributed by atoms with Crippen LogP contribution in [0.25, 0.3) is 0 Å². The highest BCUT2D eigenvalue weighted by Crippen LogP contribution is 2.06. The summed E-state index contributed by atoms with van der Waals surface area (Å²) in [5, 5.41) is 6.67. The lowest BCUT2D eigenvalue weighted by molar-refractivity contribution is 0.434. The van der Waals surface area contributed by atoms with Crippen molar-refractivity contribution in [2.45, 2.75) is 18.9 Å². The Morgan fingerprint density at radius 2 is 2.54 bits per heavy atom. The smallest absolute Gasteiger partial charge is 0.134 e. The van der Waals surface area contributed by atoms with Crippen molar-refractivity contribution in [3.8, 4) is 0 Å². The largest absolute Gasteiger partial charge is 0.367 e. The standard InChI is InChI=1S/C8H17N3S2/c9-3-5-13-8(12)11-7-2-1-4-10-6-7/h7,10H,1-6,9H2,(H,11,12). The van der Waals surface area contributed by atoms with Crippen LogP contribution in [0.3, 0.4) is 0 Å². The Hall–Kier alpha value is 0.160. The Morgan fingerprint density at radius 3 is 3.15 bits per heavy atom. The molecule has 1 aliphatic heterocycles. The van der Waals surface area contributed by atoms with Crippen LogP contribution >= 0.6 is 24.0 Å². The summed E-state index contributed by atoms with van der Waals surface area (Å²) in [6, 6.07) is 0.520. The molecule has 13 heavy (non-hydrogen) atoms. The normalized spacial score (nSPS) is 22.7. The highest BCUT2D eigenvalue weighted by atomic mass is 32.2. The van der Waals surface area contributed by atoms with Gasteiger partial charge in [0.2, 0.25) is 0 Å². The first kappa shape index (κ1) is 11.2. The third-order valence-electron chi connectivity index (χ3n) is 1.97. The van der Waals surface area contributed by atoms with E-state index in [4.69, 9.17) is 18.0 Å². The molecule has 0 aromatic rings. The molecule has 0 saturated carbocycles. The Bertz CT molecular complexity index is 157. The summed E-state index contributed by atoms with van der Waals surface area (Å²) < 4.78 is 0.888. The zero-order chi connectivity index (χ0) is 9.52. The van der Waals surface area contributed by atoms with E-state index in [0.29, 0.717) is 12.6 Å². The summed E-state index contributed by atoms with van der Waals surface area (Å²) in [6.45, 7) is 2.86. The van der Waals surface area contributed by atoms with E-state index in [9.17, 15) is 0 Å². The first-order valence-corrected chi connectivity index (χ1v) is 6.06. The topological polar surface area (TPSA) is 50.1 Å². The fraction of sp³-hybridized carbons (Fsp3) is 0.875. The van der Waals surface area contributed by atoms with Gasteiger partial charge in [0.1, 0.15) is 4.32 Å². The minimum atomic E-state index is 0.520. The summed E-state index contributed by atoms with van der Waals surface area (Å²) in [7, 11) is 0. The number of thioether (sulfide) groups is 1. The molecule has 0 amide bonds. The van der Waals surface area contributed by atoms with Crippen molar-refractivity contribution in [2.75, 3.05) is 25.4 Å². The zero-order valence-corrected chi connectivity index (χ0v) is 9.35. The summed E-state index contributed by atoms with van der Waals surface area (Å²) in [4.78, 5) is 0. The van der Waals surface area contributed by atoms with E-state index in [1.54, 1.807) is 11.8 Å². The van der Waals surface area contributed by atoms with Crippen molar-refractivity contribution in [3.63, 3.8) is 0 Å². The molecule has 1 aliphatic rings. The maximum absolute atomic E-state index is 5.39. The van der Waals surface area contributed by atoms with Crippen LogP contribution in [0.15, 0.2) is 0 Å². The molecule has 1 atom stereocenters. The number of rotatable bonds is 3. The highest BCUT2D eigenvalue weighted by Gasteiger charge is 2.13. The van der Waals surface area contributed by atoms with E-state index < -0.39 is 0 Å². The molecule has 1 rings (SSSR count). The van der Waals surface area contributed by atoms with E-state index in [0.717, 1.165) is 23.2 Å². The predicted molar refractivity (Wildman–Crippen MR) is 63.1 cm³/mol. The second-order valence-electron chi connectivity index (χ2n) is 3.11. The maximum Gasteiger partial charge on any atom is 0.134 e. The summed E-state index contributed by atoms with van der Waals surface area (Å²) >= 11 is 6.81. The van der Waals surface area contributed by atoms with Gasteiger partial charge in [0.15, 0.2) is 0 Å². The Kier molecular flexibility index (Phi) is 5.70. The fourth-order valence-electron chi connectivity index (χ4n) is 1.33. The maximum atomic E-state index is 5.39. The monoisotopic (exact) mass is 219 g/mol. The van der Waals surface area contributed by atoms with Crippen LogP contribution in [0.4, 0.5) is 0 Å². The quantitative estimate of drug-likeness (QED) is 0.596. The average molecular weight is 219 g/mol. The van der Waals surface area contributed by atoms with E-state index in [2.05, 4.69) is 10.6 Å². The van der Waals surface area contributed by atoms with Gasteiger partial charge in [-0.15, -0.1) is 0 Å². The molecular formula is C8H17N3S2. The van der Waals surface area contributed by atoms with Crippen molar-refractivity contribution >= 4 is 28.3 Å². The van der Waals surface area contributed by atoms with Gasteiger partial charge in [-0.25, -0.2) is 0 Å². The Balaban J connectivity index is 2.11. The summed E-state index contributed by atoms with van der Waals surface area (Å²) in [5.41, 5.74) is 5.39.